The Morgan fingerprint density at radius 2 is 2.16 bits per heavy atom. The number of hydrogen-bond donors (Lipinski definition) is 2. The highest BCUT2D eigenvalue weighted by atomic mass is 32.2. The van der Waals surface area contributed by atoms with E-state index in [0.717, 1.165) is 33.7 Å². The number of rotatable bonds is 5. The third-order valence-electron chi connectivity index (χ3n) is 3.18. The highest BCUT2D eigenvalue weighted by Gasteiger charge is 2.11. The van der Waals surface area contributed by atoms with Crippen molar-refractivity contribution in [2.45, 2.75) is 25.3 Å². The third-order valence-corrected chi connectivity index (χ3v) is 4.50. The van der Waals surface area contributed by atoms with E-state index in [9.17, 15) is 0 Å². The van der Waals surface area contributed by atoms with Gasteiger partial charge in [-0.05, 0) is 18.1 Å². The molecule has 1 aromatic heterocycles. The molecule has 3 nitrogen and oxygen atoms in total. The summed E-state index contributed by atoms with van der Waals surface area (Å²) >= 11 is 1.69. The van der Waals surface area contributed by atoms with Crippen LogP contribution in [0.4, 0.5) is 0 Å². The van der Waals surface area contributed by atoms with Crippen LogP contribution in [0.1, 0.15) is 25.8 Å². The Kier molecular flexibility index (Phi) is 4.43. The average molecular weight is 273 g/mol. The predicted molar refractivity (Wildman–Crippen MR) is 82.9 cm³/mol. The van der Waals surface area contributed by atoms with E-state index in [1.807, 2.05) is 30.3 Å². The van der Waals surface area contributed by atoms with E-state index in [1.54, 1.807) is 11.8 Å². The van der Waals surface area contributed by atoms with Crippen LogP contribution < -0.4 is 5.73 Å². The van der Waals surface area contributed by atoms with E-state index < -0.39 is 0 Å². The summed E-state index contributed by atoms with van der Waals surface area (Å²) in [6.45, 7) is 4.41. The molecule has 1 atom stereocenters. The Morgan fingerprint density at radius 3 is 2.84 bits per heavy atom. The molecule has 2 aromatic rings. The lowest BCUT2D eigenvalue weighted by Gasteiger charge is -2.11. The van der Waals surface area contributed by atoms with Crippen molar-refractivity contribution in [2.24, 2.45) is 11.7 Å². The number of nitrogen functional groups attached to an aromatic ring is 1. The second-order valence-corrected chi connectivity index (χ2v) is 5.78. The summed E-state index contributed by atoms with van der Waals surface area (Å²) < 4.78 is 0. The van der Waals surface area contributed by atoms with Crippen molar-refractivity contribution in [2.75, 3.05) is 5.75 Å². The van der Waals surface area contributed by atoms with E-state index in [2.05, 4.69) is 18.8 Å². The number of nitrogens with one attached hydrogen (secondary N) is 1. The van der Waals surface area contributed by atoms with Gasteiger partial charge < -0.3 is 5.73 Å². The Labute approximate surface area is 118 Å². The van der Waals surface area contributed by atoms with Gasteiger partial charge in [-0.15, -0.1) is 11.8 Å². The fourth-order valence-corrected chi connectivity index (χ4v) is 2.91. The van der Waals surface area contributed by atoms with Gasteiger partial charge in [0.15, 0.2) is 0 Å². The third kappa shape index (κ3) is 3.26. The molecule has 0 fully saturated rings. The minimum atomic E-state index is 0.0879. The molecule has 2 rings (SSSR count). The number of nitrogens with zero attached hydrogens (tertiary/aromatic N) is 1. The fraction of sp³-hybridized carbons (Fsp3) is 0.333. The van der Waals surface area contributed by atoms with Crippen molar-refractivity contribution in [3.63, 3.8) is 0 Å². The van der Waals surface area contributed by atoms with E-state index in [4.69, 9.17) is 11.1 Å². The van der Waals surface area contributed by atoms with Gasteiger partial charge in [0.2, 0.25) is 0 Å². The molecule has 0 saturated heterocycles. The lowest BCUT2D eigenvalue weighted by Crippen LogP contribution is -2.13. The Balaban J connectivity index is 2.39. The minimum Gasteiger partial charge on any atom is -0.384 e. The topological polar surface area (TPSA) is 62.8 Å². The van der Waals surface area contributed by atoms with Crippen LogP contribution in [0.15, 0.2) is 35.4 Å². The Morgan fingerprint density at radius 1 is 1.42 bits per heavy atom. The van der Waals surface area contributed by atoms with Gasteiger partial charge in [-0.2, -0.15) is 0 Å². The zero-order valence-corrected chi connectivity index (χ0v) is 12.1. The molecule has 4 heteroatoms. The number of pyridine rings is 1. The van der Waals surface area contributed by atoms with Crippen molar-refractivity contribution < 1.29 is 0 Å². The first kappa shape index (κ1) is 13.9. The standard InChI is InChI=1S/C15H19N3S/c1-3-10(2)9-19-15-12(14(16)17)8-11-6-4-5-7-13(11)18-15/h4-8,10H,3,9H2,1-2H3,(H3,16,17). The molecular formula is C15H19N3S. The first-order valence-corrected chi connectivity index (χ1v) is 7.47. The van der Waals surface area contributed by atoms with Crippen LogP contribution in [0.2, 0.25) is 0 Å². The van der Waals surface area contributed by atoms with E-state index >= 15 is 0 Å². The fourth-order valence-electron chi connectivity index (χ4n) is 1.74. The molecule has 0 radical (unpaired) electrons. The molecule has 0 saturated carbocycles. The smallest absolute Gasteiger partial charge is 0.125 e. The van der Waals surface area contributed by atoms with Crippen LogP contribution in [-0.4, -0.2) is 16.6 Å². The molecular weight excluding hydrogens is 254 g/mol. The second kappa shape index (κ2) is 6.06. The molecule has 1 aromatic carbocycles. The second-order valence-electron chi connectivity index (χ2n) is 4.77. The van der Waals surface area contributed by atoms with Gasteiger partial charge in [-0.3, -0.25) is 5.41 Å². The van der Waals surface area contributed by atoms with Crippen LogP contribution in [0.5, 0.6) is 0 Å². The molecule has 0 aliphatic carbocycles. The molecule has 0 aliphatic rings. The molecule has 3 N–H and O–H groups in total. The molecule has 0 spiro atoms. The van der Waals surface area contributed by atoms with E-state index in [0.29, 0.717) is 5.92 Å². The van der Waals surface area contributed by atoms with Crippen molar-refractivity contribution in [3.05, 3.63) is 35.9 Å². The molecule has 0 amide bonds. The van der Waals surface area contributed by atoms with Gasteiger partial charge in [-0.25, -0.2) is 4.98 Å². The van der Waals surface area contributed by atoms with Gasteiger partial charge >= 0.3 is 0 Å². The normalized spacial score (nSPS) is 12.5. The van der Waals surface area contributed by atoms with Crippen LogP contribution in [0, 0.1) is 11.3 Å². The number of amidine groups is 1. The molecule has 19 heavy (non-hydrogen) atoms. The first-order chi connectivity index (χ1) is 9.11. The molecule has 0 aliphatic heterocycles. The van der Waals surface area contributed by atoms with Crippen molar-refractivity contribution >= 4 is 28.5 Å². The molecule has 1 unspecified atom stereocenters. The Bertz CT molecular complexity index is 595. The number of nitrogens with two attached hydrogens (primary N) is 1. The summed E-state index contributed by atoms with van der Waals surface area (Å²) in [5.74, 6) is 1.73. The number of thioether (sulfide) groups is 1. The van der Waals surface area contributed by atoms with Gasteiger partial charge in [-0.1, -0.05) is 38.5 Å². The maximum Gasteiger partial charge on any atom is 0.125 e. The lowest BCUT2D eigenvalue weighted by atomic mass is 10.1. The number of benzene rings is 1. The number of aromatic nitrogens is 1. The number of para-hydroxylation sites is 1. The van der Waals surface area contributed by atoms with Crippen LogP contribution in [-0.2, 0) is 0 Å². The maximum atomic E-state index is 7.71. The number of fused-ring (bicyclic) bond motifs is 1. The van der Waals surface area contributed by atoms with Crippen LogP contribution >= 0.6 is 11.8 Å². The summed E-state index contributed by atoms with van der Waals surface area (Å²) in [5, 5.41) is 9.60. The first-order valence-electron chi connectivity index (χ1n) is 6.48. The highest BCUT2D eigenvalue weighted by molar-refractivity contribution is 7.99. The Hall–Kier alpha value is -1.55. The largest absolute Gasteiger partial charge is 0.384 e. The lowest BCUT2D eigenvalue weighted by molar-refractivity contribution is 0.636. The van der Waals surface area contributed by atoms with Crippen molar-refractivity contribution in [1.29, 1.82) is 5.41 Å². The van der Waals surface area contributed by atoms with Crippen molar-refractivity contribution in [1.82, 2.24) is 4.98 Å². The summed E-state index contributed by atoms with van der Waals surface area (Å²) in [5.41, 5.74) is 7.37. The summed E-state index contributed by atoms with van der Waals surface area (Å²) in [4.78, 5) is 4.64. The summed E-state index contributed by atoms with van der Waals surface area (Å²) in [6, 6.07) is 9.90. The van der Waals surface area contributed by atoms with Crippen LogP contribution in [0.25, 0.3) is 10.9 Å². The zero-order valence-electron chi connectivity index (χ0n) is 11.3. The minimum absolute atomic E-state index is 0.0879. The predicted octanol–water partition coefficient (Wildman–Crippen LogP) is 3.66. The van der Waals surface area contributed by atoms with Crippen molar-refractivity contribution in [3.8, 4) is 0 Å². The van der Waals surface area contributed by atoms with Gasteiger partial charge in [0, 0.05) is 16.7 Å². The average Bonchev–Trinajstić information content (AvgIpc) is 2.43. The molecule has 0 bridgehead atoms. The molecule has 1 heterocycles. The number of hydrogen-bond acceptors (Lipinski definition) is 3. The van der Waals surface area contributed by atoms with Gasteiger partial charge in [0.05, 0.1) is 5.52 Å². The summed E-state index contributed by atoms with van der Waals surface area (Å²) in [6.07, 6.45) is 1.15. The van der Waals surface area contributed by atoms with Crippen LogP contribution in [0.3, 0.4) is 0 Å². The molecule has 100 valence electrons. The summed E-state index contributed by atoms with van der Waals surface area (Å²) in [7, 11) is 0. The quantitative estimate of drug-likeness (QED) is 0.496. The zero-order chi connectivity index (χ0) is 13.8. The maximum absolute atomic E-state index is 7.71. The van der Waals surface area contributed by atoms with E-state index in [1.165, 1.54) is 0 Å². The van der Waals surface area contributed by atoms with Gasteiger partial charge in [0.1, 0.15) is 10.9 Å². The SMILES string of the molecule is CCC(C)CSc1nc2ccccc2cc1C(=N)N. The highest BCUT2D eigenvalue weighted by Crippen LogP contribution is 2.26. The van der Waals surface area contributed by atoms with Gasteiger partial charge in [0.25, 0.3) is 0 Å². The monoisotopic (exact) mass is 273 g/mol. The van der Waals surface area contributed by atoms with E-state index in [-0.39, 0.29) is 5.84 Å².